The fraction of sp³-hybridized carbons (Fsp3) is 0.333. The summed E-state index contributed by atoms with van der Waals surface area (Å²) in [5, 5.41) is 0. The molecule has 0 fully saturated rings. The number of hydrogen-bond donors (Lipinski definition) is 1. The minimum absolute atomic E-state index is 0.732. The summed E-state index contributed by atoms with van der Waals surface area (Å²) >= 11 is 0. The average Bonchev–Trinajstić information content (AvgIpc) is 2.45. The first-order valence-electron chi connectivity index (χ1n) is 7.26. The number of nitrogens with two attached hydrogens (primary N) is 1. The normalized spacial score (nSPS) is 10.6. The lowest BCUT2D eigenvalue weighted by Gasteiger charge is -2.25. The predicted octanol–water partition coefficient (Wildman–Crippen LogP) is 3.66. The molecule has 0 saturated heterocycles. The van der Waals surface area contributed by atoms with Gasteiger partial charge in [0.1, 0.15) is 0 Å². The van der Waals surface area contributed by atoms with Crippen molar-refractivity contribution in [1.29, 1.82) is 0 Å². The SMILES string of the molecule is Cc1ccc(CN(CCCN)c2cccc(C)c2)cc1. The Morgan fingerprint density at radius 1 is 0.950 bits per heavy atom. The maximum Gasteiger partial charge on any atom is 0.0429 e. The van der Waals surface area contributed by atoms with Crippen LogP contribution in [-0.4, -0.2) is 13.1 Å². The summed E-state index contributed by atoms with van der Waals surface area (Å²) < 4.78 is 0. The van der Waals surface area contributed by atoms with Crippen molar-refractivity contribution in [3.63, 3.8) is 0 Å². The largest absolute Gasteiger partial charge is 0.367 e. The number of rotatable bonds is 6. The van der Waals surface area contributed by atoms with E-state index < -0.39 is 0 Å². The first-order valence-corrected chi connectivity index (χ1v) is 7.26. The molecule has 0 aliphatic rings. The van der Waals surface area contributed by atoms with Crippen LogP contribution >= 0.6 is 0 Å². The molecule has 2 N–H and O–H groups in total. The van der Waals surface area contributed by atoms with Crippen molar-refractivity contribution in [2.24, 2.45) is 5.73 Å². The van der Waals surface area contributed by atoms with Crippen LogP contribution in [-0.2, 0) is 6.54 Å². The van der Waals surface area contributed by atoms with E-state index in [1.165, 1.54) is 22.4 Å². The van der Waals surface area contributed by atoms with Crippen LogP contribution in [0.3, 0.4) is 0 Å². The van der Waals surface area contributed by atoms with E-state index >= 15 is 0 Å². The molecule has 0 unspecified atom stereocenters. The molecule has 0 saturated carbocycles. The molecule has 0 radical (unpaired) electrons. The lowest BCUT2D eigenvalue weighted by molar-refractivity contribution is 0.735. The molecule has 0 bridgehead atoms. The Kier molecular flexibility index (Phi) is 5.19. The fourth-order valence-corrected chi connectivity index (χ4v) is 2.32. The van der Waals surface area contributed by atoms with Crippen LogP contribution < -0.4 is 10.6 Å². The molecule has 0 aliphatic heterocycles. The molecule has 0 spiro atoms. The van der Waals surface area contributed by atoms with Crippen LogP contribution in [0, 0.1) is 13.8 Å². The zero-order valence-electron chi connectivity index (χ0n) is 12.5. The van der Waals surface area contributed by atoms with Gasteiger partial charge in [-0.3, -0.25) is 0 Å². The smallest absolute Gasteiger partial charge is 0.0429 e. The topological polar surface area (TPSA) is 29.3 Å². The zero-order valence-corrected chi connectivity index (χ0v) is 12.5. The number of aryl methyl sites for hydroxylation is 2. The maximum atomic E-state index is 5.67. The second-order valence-corrected chi connectivity index (χ2v) is 5.39. The van der Waals surface area contributed by atoms with Gasteiger partial charge in [0.15, 0.2) is 0 Å². The van der Waals surface area contributed by atoms with Crippen LogP contribution in [0.1, 0.15) is 23.1 Å². The summed E-state index contributed by atoms with van der Waals surface area (Å²) in [6.45, 7) is 6.92. The van der Waals surface area contributed by atoms with Gasteiger partial charge in [0, 0.05) is 18.8 Å². The summed E-state index contributed by atoms with van der Waals surface area (Å²) in [6, 6.07) is 17.4. The summed E-state index contributed by atoms with van der Waals surface area (Å²) in [5.41, 5.74) is 10.9. The third kappa shape index (κ3) is 4.10. The van der Waals surface area contributed by atoms with Gasteiger partial charge in [0.2, 0.25) is 0 Å². The molecule has 2 rings (SSSR count). The van der Waals surface area contributed by atoms with Gasteiger partial charge in [-0.1, -0.05) is 42.0 Å². The van der Waals surface area contributed by atoms with E-state index in [9.17, 15) is 0 Å². The molecule has 106 valence electrons. The summed E-state index contributed by atoms with van der Waals surface area (Å²) in [5.74, 6) is 0. The minimum Gasteiger partial charge on any atom is -0.367 e. The Morgan fingerprint density at radius 2 is 1.70 bits per heavy atom. The quantitative estimate of drug-likeness (QED) is 0.866. The minimum atomic E-state index is 0.732. The molecule has 0 amide bonds. The maximum absolute atomic E-state index is 5.67. The molecule has 0 heterocycles. The molecule has 0 aliphatic carbocycles. The van der Waals surface area contributed by atoms with Crippen LogP contribution in [0.2, 0.25) is 0 Å². The Bertz CT molecular complexity index is 531. The Hall–Kier alpha value is -1.80. The van der Waals surface area contributed by atoms with E-state index in [0.717, 1.165) is 26.1 Å². The van der Waals surface area contributed by atoms with Gasteiger partial charge in [-0.2, -0.15) is 0 Å². The van der Waals surface area contributed by atoms with Crippen molar-refractivity contribution in [2.45, 2.75) is 26.8 Å². The van der Waals surface area contributed by atoms with E-state index in [2.05, 4.69) is 67.3 Å². The predicted molar refractivity (Wildman–Crippen MR) is 87.1 cm³/mol. The first kappa shape index (κ1) is 14.6. The van der Waals surface area contributed by atoms with E-state index in [4.69, 9.17) is 5.73 Å². The monoisotopic (exact) mass is 268 g/mol. The zero-order chi connectivity index (χ0) is 14.4. The molecule has 2 heteroatoms. The van der Waals surface area contributed by atoms with Gasteiger partial charge in [-0.05, 0) is 50.1 Å². The van der Waals surface area contributed by atoms with Gasteiger partial charge < -0.3 is 10.6 Å². The van der Waals surface area contributed by atoms with Crippen molar-refractivity contribution in [1.82, 2.24) is 0 Å². The highest BCUT2D eigenvalue weighted by Crippen LogP contribution is 2.19. The average molecular weight is 268 g/mol. The second-order valence-electron chi connectivity index (χ2n) is 5.39. The fourth-order valence-electron chi connectivity index (χ4n) is 2.32. The third-order valence-corrected chi connectivity index (χ3v) is 3.49. The highest BCUT2D eigenvalue weighted by Gasteiger charge is 2.07. The van der Waals surface area contributed by atoms with Gasteiger partial charge >= 0.3 is 0 Å². The van der Waals surface area contributed by atoms with Gasteiger partial charge in [0.05, 0.1) is 0 Å². The summed E-state index contributed by atoms with van der Waals surface area (Å²) in [4.78, 5) is 2.41. The van der Waals surface area contributed by atoms with Crippen LogP contribution in [0.5, 0.6) is 0 Å². The molecule has 20 heavy (non-hydrogen) atoms. The third-order valence-electron chi connectivity index (χ3n) is 3.49. The Balaban J connectivity index is 2.16. The Morgan fingerprint density at radius 3 is 2.35 bits per heavy atom. The lowest BCUT2D eigenvalue weighted by atomic mass is 10.1. The lowest BCUT2D eigenvalue weighted by Crippen LogP contribution is -2.25. The van der Waals surface area contributed by atoms with Crippen LogP contribution in [0.15, 0.2) is 48.5 Å². The molecular formula is C18H24N2. The van der Waals surface area contributed by atoms with Crippen LogP contribution in [0.4, 0.5) is 5.69 Å². The van der Waals surface area contributed by atoms with Crippen molar-refractivity contribution < 1.29 is 0 Å². The van der Waals surface area contributed by atoms with Crippen molar-refractivity contribution in [3.05, 3.63) is 65.2 Å². The number of hydrogen-bond acceptors (Lipinski definition) is 2. The number of anilines is 1. The van der Waals surface area contributed by atoms with Gasteiger partial charge in [-0.25, -0.2) is 0 Å². The van der Waals surface area contributed by atoms with Crippen molar-refractivity contribution in [2.75, 3.05) is 18.0 Å². The van der Waals surface area contributed by atoms with Crippen molar-refractivity contribution >= 4 is 5.69 Å². The molecule has 0 aromatic heterocycles. The summed E-state index contributed by atoms with van der Waals surface area (Å²) in [6.07, 6.45) is 1.01. The molecule has 0 atom stereocenters. The van der Waals surface area contributed by atoms with E-state index in [0.29, 0.717) is 0 Å². The number of benzene rings is 2. The highest BCUT2D eigenvalue weighted by molar-refractivity contribution is 5.49. The van der Waals surface area contributed by atoms with Crippen molar-refractivity contribution in [3.8, 4) is 0 Å². The molecule has 2 aromatic carbocycles. The molecule has 2 aromatic rings. The molecular weight excluding hydrogens is 244 g/mol. The van der Waals surface area contributed by atoms with E-state index in [-0.39, 0.29) is 0 Å². The second kappa shape index (κ2) is 7.11. The first-order chi connectivity index (χ1) is 9.69. The summed E-state index contributed by atoms with van der Waals surface area (Å²) in [7, 11) is 0. The molecule has 2 nitrogen and oxygen atoms in total. The Labute approximate surface area is 122 Å². The van der Waals surface area contributed by atoms with Gasteiger partial charge in [-0.15, -0.1) is 0 Å². The van der Waals surface area contributed by atoms with Gasteiger partial charge in [0.25, 0.3) is 0 Å². The number of nitrogens with zero attached hydrogens (tertiary/aromatic N) is 1. The van der Waals surface area contributed by atoms with E-state index in [1.54, 1.807) is 0 Å². The van der Waals surface area contributed by atoms with E-state index in [1.807, 2.05) is 0 Å². The standard InChI is InChI=1S/C18H24N2/c1-15-7-9-17(10-8-15)14-20(12-4-11-19)18-6-3-5-16(2)13-18/h3,5-10,13H,4,11-12,14,19H2,1-2H3. The highest BCUT2D eigenvalue weighted by atomic mass is 15.1. The van der Waals surface area contributed by atoms with Crippen LogP contribution in [0.25, 0.3) is 0 Å².